The SMILES string of the molecule is CCNC(=O)COc1ccc(CNC(=O)N2CCCC(C(=O)O)C2)cc1OC. The molecule has 1 unspecified atom stereocenters. The van der Waals surface area contributed by atoms with E-state index in [1.807, 2.05) is 6.92 Å². The molecule has 28 heavy (non-hydrogen) atoms. The number of carboxylic acids is 1. The van der Waals surface area contributed by atoms with Gasteiger partial charge in [-0.1, -0.05) is 6.07 Å². The largest absolute Gasteiger partial charge is 0.493 e. The molecule has 1 aliphatic rings. The summed E-state index contributed by atoms with van der Waals surface area (Å²) in [6.45, 7) is 3.28. The summed E-state index contributed by atoms with van der Waals surface area (Å²) < 4.78 is 10.8. The van der Waals surface area contributed by atoms with Crippen LogP contribution in [0.1, 0.15) is 25.3 Å². The number of aliphatic carboxylic acids is 1. The lowest BCUT2D eigenvalue weighted by atomic mass is 9.99. The van der Waals surface area contributed by atoms with Crippen molar-refractivity contribution in [3.8, 4) is 11.5 Å². The summed E-state index contributed by atoms with van der Waals surface area (Å²) in [7, 11) is 1.50. The number of piperidine rings is 1. The Kier molecular flexibility index (Phi) is 7.91. The predicted molar refractivity (Wildman–Crippen MR) is 101 cm³/mol. The summed E-state index contributed by atoms with van der Waals surface area (Å²) in [6, 6.07) is 4.89. The molecule has 9 heteroatoms. The third kappa shape index (κ3) is 6.04. The van der Waals surface area contributed by atoms with Gasteiger partial charge in [0.25, 0.3) is 5.91 Å². The molecule has 1 atom stereocenters. The molecule has 0 spiro atoms. The molecule has 154 valence electrons. The van der Waals surface area contributed by atoms with Gasteiger partial charge in [-0.3, -0.25) is 9.59 Å². The predicted octanol–water partition coefficient (Wildman–Crippen LogP) is 1.22. The van der Waals surface area contributed by atoms with Gasteiger partial charge in [-0.15, -0.1) is 0 Å². The van der Waals surface area contributed by atoms with Crippen LogP contribution in [0.25, 0.3) is 0 Å². The molecule has 1 heterocycles. The molecule has 0 saturated carbocycles. The molecule has 0 aliphatic carbocycles. The molecular weight excluding hydrogens is 366 g/mol. The van der Waals surface area contributed by atoms with Gasteiger partial charge in [-0.2, -0.15) is 0 Å². The molecular formula is C19H27N3O6. The van der Waals surface area contributed by atoms with Gasteiger partial charge in [0.2, 0.25) is 0 Å². The van der Waals surface area contributed by atoms with Crippen LogP contribution in [0.2, 0.25) is 0 Å². The maximum Gasteiger partial charge on any atom is 0.317 e. The highest BCUT2D eigenvalue weighted by Crippen LogP contribution is 2.28. The zero-order valence-corrected chi connectivity index (χ0v) is 16.2. The smallest absolute Gasteiger partial charge is 0.317 e. The van der Waals surface area contributed by atoms with Crippen LogP contribution in [0.4, 0.5) is 4.79 Å². The van der Waals surface area contributed by atoms with Crippen molar-refractivity contribution < 1.29 is 29.0 Å². The lowest BCUT2D eigenvalue weighted by molar-refractivity contribution is -0.143. The molecule has 2 rings (SSSR count). The van der Waals surface area contributed by atoms with E-state index in [2.05, 4.69) is 10.6 Å². The number of carboxylic acid groups (broad SMARTS) is 1. The first-order valence-corrected chi connectivity index (χ1v) is 9.26. The fourth-order valence-electron chi connectivity index (χ4n) is 2.99. The monoisotopic (exact) mass is 393 g/mol. The van der Waals surface area contributed by atoms with E-state index in [0.717, 1.165) is 5.56 Å². The van der Waals surface area contributed by atoms with E-state index in [1.165, 1.54) is 12.0 Å². The summed E-state index contributed by atoms with van der Waals surface area (Å²) in [6.07, 6.45) is 1.27. The minimum atomic E-state index is -0.870. The van der Waals surface area contributed by atoms with E-state index >= 15 is 0 Å². The van der Waals surface area contributed by atoms with Crippen LogP contribution in [0.15, 0.2) is 18.2 Å². The van der Waals surface area contributed by atoms with E-state index in [4.69, 9.17) is 14.6 Å². The van der Waals surface area contributed by atoms with Crippen LogP contribution >= 0.6 is 0 Å². The zero-order chi connectivity index (χ0) is 20.5. The molecule has 3 N–H and O–H groups in total. The molecule has 0 bridgehead atoms. The number of nitrogens with zero attached hydrogens (tertiary/aromatic N) is 1. The Morgan fingerprint density at radius 2 is 2.04 bits per heavy atom. The quantitative estimate of drug-likeness (QED) is 0.611. The molecule has 1 fully saturated rings. The molecule has 3 amide bonds. The first-order valence-electron chi connectivity index (χ1n) is 9.26. The fraction of sp³-hybridized carbons (Fsp3) is 0.526. The highest BCUT2D eigenvalue weighted by atomic mass is 16.5. The third-order valence-electron chi connectivity index (χ3n) is 4.46. The lowest BCUT2D eigenvalue weighted by Gasteiger charge is -2.30. The normalized spacial score (nSPS) is 16.2. The number of nitrogens with one attached hydrogen (secondary N) is 2. The number of benzene rings is 1. The van der Waals surface area contributed by atoms with Gasteiger partial charge in [0, 0.05) is 26.2 Å². The van der Waals surface area contributed by atoms with Gasteiger partial charge in [-0.05, 0) is 37.5 Å². The van der Waals surface area contributed by atoms with Gasteiger partial charge < -0.3 is 30.1 Å². The average Bonchev–Trinajstić information content (AvgIpc) is 2.70. The minimum absolute atomic E-state index is 0.111. The number of amides is 3. The molecule has 1 saturated heterocycles. The van der Waals surface area contributed by atoms with Crippen LogP contribution < -0.4 is 20.1 Å². The number of likely N-dealkylation sites (N-methyl/N-ethyl adjacent to an activating group) is 1. The van der Waals surface area contributed by atoms with Crippen LogP contribution in [-0.4, -0.2) is 61.3 Å². The second-order valence-electron chi connectivity index (χ2n) is 6.51. The maximum absolute atomic E-state index is 12.3. The molecule has 9 nitrogen and oxygen atoms in total. The number of carbonyl (C=O) groups excluding carboxylic acids is 2. The first-order chi connectivity index (χ1) is 13.4. The van der Waals surface area contributed by atoms with Gasteiger partial charge in [0.15, 0.2) is 18.1 Å². The Bertz CT molecular complexity index is 709. The second-order valence-corrected chi connectivity index (χ2v) is 6.51. The summed E-state index contributed by atoms with van der Waals surface area (Å²) in [5, 5.41) is 14.6. The van der Waals surface area contributed by atoms with E-state index in [9.17, 15) is 14.4 Å². The number of rotatable bonds is 8. The second kappa shape index (κ2) is 10.4. The van der Waals surface area contributed by atoms with Crippen LogP contribution in [0.5, 0.6) is 11.5 Å². The number of urea groups is 1. The Labute approximate surface area is 164 Å². The van der Waals surface area contributed by atoms with Gasteiger partial charge in [-0.25, -0.2) is 4.79 Å². The Morgan fingerprint density at radius 1 is 1.25 bits per heavy atom. The molecule has 0 radical (unpaired) electrons. The molecule has 0 aromatic heterocycles. The van der Waals surface area contributed by atoms with Crippen molar-refractivity contribution in [1.29, 1.82) is 0 Å². The van der Waals surface area contributed by atoms with E-state index < -0.39 is 11.9 Å². The minimum Gasteiger partial charge on any atom is -0.493 e. The zero-order valence-electron chi connectivity index (χ0n) is 16.2. The van der Waals surface area contributed by atoms with E-state index in [-0.39, 0.29) is 31.6 Å². The first kappa shape index (κ1) is 21.3. The van der Waals surface area contributed by atoms with Crippen molar-refractivity contribution in [2.24, 2.45) is 5.92 Å². The topological polar surface area (TPSA) is 117 Å². The number of likely N-dealkylation sites (tertiary alicyclic amines) is 1. The van der Waals surface area contributed by atoms with E-state index in [0.29, 0.717) is 37.4 Å². The highest BCUT2D eigenvalue weighted by Gasteiger charge is 2.27. The number of hydrogen-bond acceptors (Lipinski definition) is 5. The average molecular weight is 393 g/mol. The van der Waals surface area contributed by atoms with Crippen LogP contribution in [0, 0.1) is 5.92 Å². The summed E-state index contributed by atoms with van der Waals surface area (Å²) in [4.78, 5) is 36.5. The molecule has 1 aliphatic heterocycles. The number of methoxy groups -OCH3 is 1. The summed E-state index contributed by atoms with van der Waals surface area (Å²) in [5.41, 5.74) is 0.794. The number of carbonyl (C=O) groups is 3. The van der Waals surface area contributed by atoms with Gasteiger partial charge >= 0.3 is 12.0 Å². The van der Waals surface area contributed by atoms with Crippen molar-refractivity contribution in [2.75, 3.05) is 33.4 Å². The Hall–Kier alpha value is -2.97. The standard InChI is InChI=1S/C19H27N3O6/c1-3-20-17(23)12-28-15-7-6-13(9-16(15)27-2)10-21-19(26)22-8-4-5-14(11-22)18(24)25/h6-7,9,14H,3-5,8,10-12H2,1-2H3,(H,20,23)(H,21,26)(H,24,25). The van der Waals surface area contributed by atoms with E-state index in [1.54, 1.807) is 18.2 Å². The van der Waals surface area contributed by atoms with Crippen molar-refractivity contribution in [2.45, 2.75) is 26.3 Å². The maximum atomic E-state index is 12.3. The Morgan fingerprint density at radius 3 is 2.71 bits per heavy atom. The molecule has 1 aromatic rings. The van der Waals surface area contributed by atoms with Crippen molar-refractivity contribution in [3.05, 3.63) is 23.8 Å². The lowest BCUT2D eigenvalue weighted by Crippen LogP contribution is -2.46. The number of ether oxygens (including phenoxy) is 2. The molecule has 1 aromatic carbocycles. The van der Waals surface area contributed by atoms with Crippen molar-refractivity contribution in [3.63, 3.8) is 0 Å². The van der Waals surface area contributed by atoms with Gasteiger partial charge in [0.05, 0.1) is 13.0 Å². The van der Waals surface area contributed by atoms with Crippen molar-refractivity contribution in [1.82, 2.24) is 15.5 Å². The van der Waals surface area contributed by atoms with Crippen LogP contribution in [0.3, 0.4) is 0 Å². The highest BCUT2D eigenvalue weighted by molar-refractivity contribution is 5.77. The summed E-state index contributed by atoms with van der Waals surface area (Å²) in [5.74, 6) is -0.711. The van der Waals surface area contributed by atoms with Crippen LogP contribution in [-0.2, 0) is 16.1 Å². The number of hydrogen-bond donors (Lipinski definition) is 3. The van der Waals surface area contributed by atoms with Crippen molar-refractivity contribution >= 4 is 17.9 Å². The van der Waals surface area contributed by atoms with Gasteiger partial charge in [0.1, 0.15) is 0 Å². The fourth-order valence-corrected chi connectivity index (χ4v) is 2.99. The Balaban J connectivity index is 1.90. The summed E-state index contributed by atoms with van der Waals surface area (Å²) >= 11 is 0. The third-order valence-corrected chi connectivity index (χ3v) is 4.46.